The van der Waals surface area contributed by atoms with Crippen LogP contribution in [0.4, 0.5) is 4.39 Å². The predicted molar refractivity (Wildman–Crippen MR) is 73.1 cm³/mol. The summed E-state index contributed by atoms with van der Waals surface area (Å²) in [6.45, 7) is 4.01. The van der Waals surface area contributed by atoms with Crippen LogP contribution in [0.5, 0.6) is 0 Å². The lowest BCUT2D eigenvalue weighted by molar-refractivity contribution is 0.619. The molecular weight excluding hydrogens is 255 g/mol. The van der Waals surface area contributed by atoms with E-state index in [9.17, 15) is 4.39 Å². The molecule has 0 spiro atoms. The molecule has 0 saturated heterocycles. The van der Waals surface area contributed by atoms with Gasteiger partial charge in [0.25, 0.3) is 0 Å². The minimum Gasteiger partial charge on any atom is -0.241 e. The van der Waals surface area contributed by atoms with E-state index in [0.29, 0.717) is 0 Å². The average Bonchev–Trinajstić information content (AvgIpc) is 2.82. The lowest BCUT2D eigenvalue weighted by Gasteiger charge is -2.24. The van der Waals surface area contributed by atoms with Gasteiger partial charge in [-0.25, -0.2) is 9.07 Å². The van der Waals surface area contributed by atoms with E-state index in [2.05, 4.69) is 16.8 Å². The van der Waals surface area contributed by atoms with Gasteiger partial charge in [-0.3, -0.25) is 0 Å². The molecule has 0 aliphatic heterocycles. The second-order valence-electron chi connectivity index (χ2n) is 4.21. The van der Waals surface area contributed by atoms with Gasteiger partial charge in [-0.2, -0.15) is 5.10 Å². The summed E-state index contributed by atoms with van der Waals surface area (Å²) in [4.78, 5) is 0. The average molecular weight is 268 g/mol. The molecule has 0 N–H and O–H groups in total. The Morgan fingerprint density at radius 3 is 2.76 bits per heavy atom. The summed E-state index contributed by atoms with van der Waals surface area (Å²) >= 11 is 4.26. The fourth-order valence-electron chi connectivity index (χ4n) is 1.65. The van der Waals surface area contributed by atoms with E-state index < -0.39 is 0 Å². The van der Waals surface area contributed by atoms with E-state index in [4.69, 9.17) is 0 Å². The van der Waals surface area contributed by atoms with E-state index in [-0.39, 0.29) is 10.6 Å². The van der Waals surface area contributed by atoms with Gasteiger partial charge < -0.3 is 0 Å². The zero-order valence-electron chi connectivity index (χ0n) is 9.59. The number of hydrogen-bond acceptors (Lipinski definition) is 3. The van der Waals surface area contributed by atoms with Crippen molar-refractivity contribution in [3.8, 4) is 5.69 Å². The first-order valence-corrected chi connectivity index (χ1v) is 7.04. The largest absolute Gasteiger partial charge is 0.241 e. The molecule has 1 aromatic carbocycles. The van der Waals surface area contributed by atoms with Crippen LogP contribution in [0.15, 0.2) is 36.7 Å². The highest BCUT2D eigenvalue weighted by Crippen LogP contribution is 2.40. The molecular formula is C12H13FN2S2. The molecule has 0 aliphatic carbocycles. The highest BCUT2D eigenvalue weighted by atomic mass is 33.1. The first-order valence-electron chi connectivity index (χ1n) is 5.17. The monoisotopic (exact) mass is 268 g/mol. The Balaban J connectivity index is 2.60. The molecule has 1 aromatic heterocycles. The molecule has 2 aromatic rings. The van der Waals surface area contributed by atoms with Gasteiger partial charge in [0.2, 0.25) is 0 Å². The lowest BCUT2D eigenvalue weighted by atomic mass is 10.00. The SMILES string of the molecule is CC(C)(SS)c1cc(F)ccc1-n1cccn1. The Morgan fingerprint density at radius 1 is 1.41 bits per heavy atom. The Bertz CT molecular complexity index is 509. The highest BCUT2D eigenvalue weighted by Gasteiger charge is 2.24. The third-order valence-corrected chi connectivity index (χ3v) is 4.63. The van der Waals surface area contributed by atoms with Gasteiger partial charge in [0, 0.05) is 17.1 Å². The maximum Gasteiger partial charge on any atom is 0.123 e. The number of halogens is 1. The van der Waals surface area contributed by atoms with Crippen LogP contribution >= 0.6 is 22.5 Å². The van der Waals surface area contributed by atoms with Gasteiger partial charge in [0.15, 0.2) is 0 Å². The summed E-state index contributed by atoms with van der Waals surface area (Å²) in [6, 6.07) is 6.57. The molecule has 0 radical (unpaired) electrons. The van der Waals surface area contributed by atoms with Crippen LogP contribution in [0.1, 0.15) is 19.4 Å². The van der Waals surface area contributed by atoms with Crippen molar-refractivity contribution in [3.63, 3.8) is 0 Å². The van der Waals surface area contributed by atoms with E-state index in [1.807, 2.05) is 26.1 Å². The van der Waals surface area contributed by atoms with Crippen LogP contribution in [-0.4, -0.2) is 9.78 Å². The van der Waals surface area contributed by atoms with Crippen LogP contribution in [0, 0.1) is 5.82 Å². The van der Waals surface area contributed by atoms with Gasteiger partial charge >= 0.3 is 0 Å². The third-order valence-electron chi connectivity index (χ3n) is 2.59. The molecule has 90 valence electrons. The molecule has 0 unspecified atom stereocenters. The summed E-state index contributed by atoms with van der Waals surface area (Å²) in [5.74, 6) is -0.244. The molecule has 0 saturated carbocycles. The van der Waals surface area contributed by atoms with Gasteiger partial charge in [-0.15, -0.1) is 11.7 Å². The van der Waals surface area contributed by atoms with Crippen molar-refractivity contribution in [3.05, 3.63) is 48.0 Å². The normalized spacial score (nSPS) is 11.8. The standard InChI is InChI=1S/C12H13FN2S2/c1-12(2,17-16)10-8-9(13)4-5-11(10)15-7-3-6-14-15/h3-8,16H,1-2H3. The molecule has 1 heterocycles. The third kappa shape index (κ3) is 2.50. The summed E-state index contributed by atoms with van der Waals surface area (Å²) in [7, 11) is 1.39. The number of thiol groups is 1. The summed E-state index contributed by atoms with van der Waals surface area (Å²) in [6.07, 6.45) is 3.55. The van der Waals surface area contributed by atoms with Gasteiger partial charge in [-0.1, -0.05) is 10.8 Å². The minimum atomic E-state index is -0.285. The van der Waals surface area contributed by atoms with Crippen molar-refractivity contribution in [1.29, 1.82) is 0 Å². The molecule has 0 bridgehead atoms. The summed E-state index contributed by atoms with van der Waals surface area (Å²) in [5, 5.41) is 4.18. The Kier molecular flexibility index (Phi) is 3.49. The molecule has 2 rings (SSSR count). The molecule has 0 atom stereocenters. The number of benzene rings is 1. The lowest BCUT2D eigenvalue weighted by Crippen LogP contribution is -2.15. The number of hydrogen-bond donors (Lipinski definition) is 1. The Labute approximate surface area is 109 Å². The summed E-state index contributed by atoms with van der Waals surface area (Å²) < 4.78 is 14.8. The van der Waals surface area contributed by atoms with Crippen LogP contribution in [0.25, 0.3) is 5.69 Å². The molecule has 5 heteroatoms. The van der Waals surface area contributed by atoms with E-state index in [1.54, 1.807) is 23.0 Å². The number of nitrogens with zero attached hydrogens (tertiary/aromatic N) is 2. The quantitative estimate of drug-likeness (QED) is 0.673. The minimum absolute atomic E-state index is 0.244. The van der Waals surface area contributed by atoms with Crippen molar-refractivity contribution in [2.75, 3.05) is 0 Å². The van der Waals surface area contributed by atoms with Gasteiger partial charge in [0.1, 0.15) is 5.82 Å². The zero-order valence-corrected chi connectivity index (χ0v) is 11.3. The van der Waals surface area contributed by atoms with Crippen molar-refractivity contribution >= 4 is 22.5 Å². The first-order chi connectivity index (χ1) is 8.04. The molecule has 2 nitrogen and oxygen atoms in total. The topological polar surface area (TPSA) is 17.8 Å². The first kappa shape index (κ1) is 12.5. The van der Waals surface area contributed by atoms with Crippen molar-refractivity contribution in [2.45, 2.75) is 18.6 Å². The van der Waals surface area contributed by atoms with Gasteiger partial charge in [0.05, 0.1) is 5.69 Å². The van der Waals surface area contributed by atoms with Crippen molar-refractivity contribution in [1.82, 2.24) is 9.78 Å². The number of aromatic nitrogens is 2. The zero-order chi connectivity index (χ0) is 12.5. The summed E-state index contributed by atoms with van der Waals surface area (Å²) in [5.41, 5.74) is 1.75. The predicted octanol–water partition coefficient (Wildman–Crippen LogP) is 3.82. The van der Waals surface area contributed by atoms with Crippen LogP contribution in [0.3, 0.4) is 0 Å². The van der Waals surface area contributed by atoms with E-state index in [0.717, 1.165) is 11.3 Å². The Hall–Kier alpha value is -0.940. The fourth-order valence-corrected chi connectivity index (χ4v) is 2.21. The van der Waals surface area contributed by atoms with Gasteiger partial charge in [-0.05, 0) is 43.7 Å². The highest BCUT2D eigenvalue weighted by molar-refractivity contribution is 8.69. The molecule has 0 aliphatic rings. The second kappa shape index (κ2) is 4.74. The fraction of sp³-hybridized carbons (Fsp3) is 0.250. The molecule has 17 heavy (non-hydrogen) atoms. The maximum absolute atomic E-state index is 13.4. The number of rotatable bonds is 3. The molecule has 0 amide bonds. The van der Waals surface area contributed by atoms with Crippen molar-refractivity contribution < 1.29 is 4.39 Å². The Morgan fingerprint density at radius 2 is 2.18 bits per heavy atom. The molecule has 0 fully saturated rings. The smallest absolute Gasteiger partial charge is 0.123 e. The second-order valence-corrected chi connectivity index (χ2v) is 5.96. The van der Waals surface area contributed by atoms with Crippen LogP contribution in [0.2, 0.25) is 0 Å². The van der Waals surface area contributed by atoms with Crippen LogP contribution < -0.4 is 0 Å². The van der Waals surface area contributed by atoms with Crippen LogP contribution in [-0.2, 0) is 4.75 Å². The van der Waals surface area contributed by atoms with E-state index in [1.165, 1.54) is 16.9 Å². The van der Waals surface area contributed by atoms with Crippen molar-refractivity contribution in [2.24, 2.45) is 0 Å². The maximum atomic E-state index is 13.4. The van der Waals surface area contributed by atoms with E-state index >= 15 is 0 Å².